The Bertz CT molecular complexity index is 848. The Morgan fingerprint density at radius 2 is 2.00 bits per heavy atom. The highest BCUT2D eigenvalue weighted by Gasteiger charge is 2.33. The third kappa shape index (κ3) is 3.65. The molecule has 0 N–H and O–H groups in total. The predicted octanol–water partition coefficient (Wildman–Crippen LogP) is 1.74. The van der Waals surface area contributed by atoms with Crippen LogP contribution in [-0.2, 0) is 16.8 Å². The van der Waals surface area contributed by atoms with Crippen molar-refractivity contribution >= 4 is 10.2 Å². The Balaban J connectivity index is 1.94. The molecule has 0 spiro atoms. The molecule has 142 valence electrons. The molecule has 1 saturated heterocycles. The van der Waals surface area contributed by atoms with Crippen molar-refractivity contribution in [3.8, 4) is 11.4 Å². The molecule has 0 bridgehead atoms. The molecule has 26 heavy (non-hydrogen) atoms. The summed E-state index contributed by atoms with van der Waals surface area (Å²) in [5.74, 6) is 0.0205. The number of aryl methyl sites for hydroxylation is 1. The maximum absolute atomic E-state index is 12.5. The minimum Gasteiger partial charge on any atom is -0.263 e. The molecule has 0 unspecified atom stereocenters. The van der Waals surface area contributed by atoms with E-state index in [4.69, 9.17) is 0 Å². The van der Waals surface area contributed by atoms with Gasteiger partial charge < -0.3 is 0 Å². The average molecular weight is 379 g/mol. The average Bonchev–Trinajstić information content (AvgIpc) is 3.10. The maximum Gasteiger partial charge on any atom is 0.281 e. The van der Waals surface area contributed by atoms with Crippen LogP contribution in [0.1, 0.15) is 37.8 Å². The van der Waals surface area contributed by atoms with Gasteiger partial charge in [0.1, 0.15) is 5.69 Å². The molecule has 2 aromatic rings. The van der Waals surface area contributed by atoms with Gasteiger partial charge in [0.25, 0.3) is 10.2 Å². The van der Waals surface area contributed by atoms with E-state index in [0.29, 0.717) is 13.1 Å². The van der Waals surface area contributed by atoms with E-state index >= 15 is 0 Å². The largest absolute Gasteiger partial charge is 0.281 e. The van der Waals surface area contributed by atoms with E-state index in [9.17, 15) is 8.42 Å². The number of hydrogen-bond donors (Lipinski definition) is 0. The van der Waals surface area contributed by atoms with Crippen molar-refractivity contribution in [2.24, 2.45) is 0 Å². The highest BCUT2D eigenvalue weighted by Crippen LogP contribution is 2.32. The third-order valence-electron chi connectivity index (χ3n) is 4.68. The summed E-state index contributed by atoms with van der Waals surface area (Å²) < 4.78 is 29.8. The number of piperidine rings is 1. The lowest BCUT2D eigenvalue weighted by molar-refractivity contribution is 0.296. The second-order valence-electron chi connectivity index (χ2n) is 6.72. The molecule has 0 radical (unpaired) electrons. The van der Waals surface area contributed by atoms with Gasteiger partial charge in [-0.1, -0.05) is 6.92 Å². The number of hydrogen-bond acceptors (Lipinski definition) is 5. The van der Waals surface area contributed by atoms with Gasteiger partial charge in [0.2, 0.25) is 0 Å². The molecule has 8 nitrogen and oxygen atoms in total. The maximum atomic E-state index is 12.5. The Hall–Kier alpha value is -1.84. The van der Waals surface area contributed by atoms with Crippen molar-refractivity contribution in [2.75, 3.05) is 27.2 Å². The fourth-order valence-electron chi connectivity index (χ4n) is 3.37. The lowest BCUT2D eigenvalue weighted by atomic mass is 9.93. The van der Waals surface area contributed by atoms with Gasteiger partial charge in [-0.05, 0) is 25.3 Å². The molecule has 1 aliphatic rings. The van der Waals surface area contributed by atoms with E-state index in [0.717, 1.165) is 42.9 Å². The first kappa shape index (κ1) is 18.9. The molecule has 0 saturated carbocycles. The molecular weight excluding hydrogens is 352 g/mol. The molecule has 2 aromatic heterocycles. The minimum atomic E-state index is -3.42. The predicted molar refractivity (Wildman–Crippen MR) is 99.7 cm³/mol. The Morgan fingerprint density at radius 3 is 2.73 bits per heavy atom. The van der Waals surface area contributed by atoms with Crippen molar-refractivity contribution in [2.45, 2.75) is 38.6 Å². The SMILES string of the molecule is CCCn1nccc1-c1nccnc1[C@H]1CCCN(S(=O)(=O)N(C)C)C1. The van der Waals surface area contributed by atoms with Gasteiger partial charge in [-0.25, -0.2) is 0 Å². The summed E-state index contributed by atoms with van der Waals surface area (Å²) in [4.78, 5) is 9.14. The summed E-state index contributed by atoms with van der Waals surface area (Å²) in [7, 11) is -0.292. The topological polar surface area (TPSA) is 84.2 Å². The number of aromatic nitrogens is 4. The minimum absolute atomic E-state index is 0.0205. The number of nitrogens with zero attached hydrogens (tertiary/aromatic N) is 6. The van der Waals surface area contributed by atoms with Gasteiger partial charge in [0.05, 0.1) is 11.4 Å². The van der Waals surface area contributed by atoms with Gasteiger partial charge in [-0.15, -0.1) is 0 Å². The van der Waals surface area contributed by atoms with Crippen LogP contribution in [0, 0.1) is 0 Å². The van der Waals surface area contributed by atoms with Gasteiger partial charge in [-0.3, -0.25) is 14.6 Å². The first-order valence-corrected chi connectivity index (χ1v) is 10.4. The van der Waals surface area contributed by atoms with Crippen molar-refractivity contribution in [3.63, 3.8) is 0 Å². The lowest BCUT2D eigenvalue weighted by Gasteiger charge is -2.33. The second-order valence-corrected chi connectivity index (χ2v) is 8.86. The molecular formula is C17H26N6O2S. The molecule has 3 rings (SSSR count). The molecule has 1 aliphatic heterocycles. The first-order chi connectivity index (χ1) is 12.4. The van der Waals surface area contributed by atoms with Crippen LogP contribution in [-0.4, -0.2) is 64.0 Å². The van der Waals surface area contributed by atoms with Crippen LogP contribution in [0.5, 0.6) is 0 Å². The molecule has 9 heteroatoms. The summed E-state index contributed by atoms with van der Waals surface area (Å²) in [5, 5.41) is 4.38. The van der Waals surface area contributed by atoms with Crippen LogP contribution in [0.25, 0.3) is 11.4 Å². The van der Waals surface area contributed by atoms with Gasteiger partial charge >= 0.3 is 0 Å². The van der Waals surface area contributed by atoms with E-state index in [1.807, 2.05) is 10.7 Å². The molecule has 0 aliphatic carbocycles. The zero-order valence-electron chi connectivity index (χ0n) is 15.5. The summed E-state index contributed by atoms with van der Waals surface area (Å²) in [5.41, 5.74) is 2.58. The Morgan fingerprint density at radius 1 is 1.23 bits per heavy atom. The van der Waals surface area contributed by atoms with Crippen molar-refractivity contribution < 1.29 is 8.42 Å². The van der Waals surface area contributed by atoms with E-state index in [1.54, 1.807) is 37.0 Å². The third-order valence-corrected chi connectivity index (χ3v) is 6.59. The fourth-order valence-corrected chi connectivity index (χ4v) is 4.56. The van der Waals surface area contributed by atoms with Crippen LogP contribution in [0.4, 0.5) is 0 Å². The molecule has 1 fully saturated rings. The molecule has 0 amide bonds. The van der Waals surface area contributed by atoms with Gasteiger partial charge in [0.15, 0.2) is 0 Å². The lowest BCUT2D eigenvalue weighted by Crippen LogP contribution is -2.45. The van der Waals surface area contributed by atoms with Crippen LogP contribution in [0.2, 0.25) is 0 Å². The van der Waals surface area contributed by atoms with Crippen LogP contribution >= 0.6 is 0 Å². The first-order valence-electron chi connectivity index (χ1n) is 8.95. The normalized spacial score (nSPS) is 19.2. The highest BCUT2D eigenvalue weighted by molar-refractivity contribution is 7.86. The van der Waals surface area contributed by atoms with E-state index in [2.05, 4.69) is 22.0 Å². The quantitative estimate of drug-likeness (QED) is 0.764. The van der Waals surface area contributed by atoms with Gasteiger partial charge in [-0.2, -0.15) is 22.1 Å². The van der Waals surface area contributed by atoms with E-state index in [-0.39, 0.29) is 5.92 Å². The van der Waals surface area contributed by atoms with Crippen molar-refractivity contribution in [1.82, 2.24) is 28.4 Å². The summed E-state index contributed by atoms with van der Waals surface area (Å²) in [6, 6.07) is 1.94. The van der Waals surface area contributed by atoms with E-state index in [1.165, 1.54) is 4.31 Å². The summed E-state index contributed by atoms with van der Waals surface area (Å²) in [6.45, 7) is 3.88. The highest BCUT2D eigenvalue weighted by atomic mass is 32.2. The molecule has 0 aromatic carbocycles. The molecule has 1 atom stereocenters. The zero-order valence-corrected chi connectivity index (χ0v) is 16.4. The van der Waals surface area contributed by atoms with Gasteiger partial charge in [0, 0.05) is 58.2 Å². The smallest absolute Gasteiger partial charge is 0.263 e. The summed E-state index contributed by atoms with van der Waals surface area (Å²) in [6.07, 6.45) is 7.81. The Kier molecular flexibility index (Phi) is 5.69. The van der Waals surface area contributed by atoms with Crippen LogP contribution in [0.3, 0.4) is 0 Å². The Labute approximate surface area is 155 Å². The molecule has 3 heterocycles. The van der Waals surface area contributed by atoms with Crippen molar-refractivity contribution in [3.05, 3.63) is 30.4 Å². The monoisotopic (exact) mass is 378 g/mol. The standard InChI is InChI=1S/C17H26N6O2S/c1-4-11-23-15(7-8-20-23)17-16(18-9-10-19-17)14-6-5-12-22(13-14)26(24,25)21(2)3/h7-10,14H,4-6,11-13H2,1-3H3/t14-/m0/s1. The van der Waals surface area contributed by atoms with Crippen LogP contribution in [0.15, 0.2) is 24.7 Å². The summed E-state index contributed by atoms with van der Waals surface area (Å²) >= 11 is 0. The second kappa shape index (κ2) is 7.81. The van der Waals surface area contributed by atoms with Crippen LogP contribution < -0.4 is 0 Å². The van der Waals surface area contributed by atoms with Crippen molar-refractivity contribution in [1.29, 1.82) is 0 Å². The fraction of sp³-hybridized carbons (Fsp3) is 0.588. The zero-order chi connectivity index (χ0) is 18.7. The van der Waals surface area contributed by atoms with E-state index < -0.39 is 10.2 Å². The number of rotatable bonds is 6.